The second kappa shape index (κ2) is 16.4. The molecule has 1 saturated heterocycles. The number of aromatic nitrogens is 2. The Morgan fingerprint density at radius 1 is 1.15 bits per heavy atom. The highest BCUT2D eigenvalue weighted by molar-refractivity contribution is 6.31. The molecule has 3 aromatic rings. The number of amides is 3. The van der Waals surface area contributed by atoms with Gasteiger partial charge in [0, 0.05) is 25.1 Å². The van der Waals surface area contributed by atoms with Crippen LogP contribution in [-0.4, -0.2) is 84.6 Å². The first kappa shape index (κ1) is 37.7. The predicted molar refractivity (Wildman–Crippen MR) is 182 cm³/mol. The zero-order valence-electron chi connectivity index (χ0n) is 27.3. The van der Waals surface area contributed by atoms with E-state index in [1.807, 2.05) is 20.8 Å². The molecule has 0 radical (unpaired) electrons. The number of ether oxygens (including phenoxy) is 2. The average Bonchev–Trinajstić information content (AvgIpc) is 3.52. The summed E-state index contributed by atoms with van der Waals surface area (Å²) in [5, 5.41) is 12.1. The number of methoxy groups -OCH3 is 1. The van der Waals surface area contributed by atoms with Gasteiger partial charge in [0.05, 0.1) is 34.6 Å². The van der Waals surface area contributed by atoms with E-state index in [2.05, 4.69) is 31.2 Å². The average molecular weight is 695 g/mol. The van der Waals surface area contributed by atoms with Gasteiger partial charge in [0.1, 0.15) is 36.6 Å². The molecule has 12 nitrogen and oxygen atoms in total. The van der Waals surface area contributed by atoms with E-state index in [4.69, 9.17) is 21.1 Å². The van der Waals surface area contributed by atoms with Crippen molar-refractivity contribution < 1.29 is 28.2 Å². The van der Waals surface area contributed by atoms with Crippen LogP contribution in [0, 0.1) is 11.2 Å². The first-order valence-electron chi connectivity index (χ1n) is 15.1. The van der Waals surface area contributed by atoms with E-state index in [-0.39, 0.29) is 47.4 Å². The van der Waals surface area contributed by atoms with Gasteiger partial charge >= 0.3 is 0 Å². The van der Waals surface area contributed by atoms with Crippen molar-refractivity contribution in [3.05, 3.63) is 47.5 Å². The van der Waals surface area contributed by atoms with Crippen molar-refractivity contribution in [1.29, 1.82) is 0 Å². The Labute approximate surface area is 284 Å². The van der Waals surface area contributed by atoms with Gasteiger partial charge < -0.3 is 35.6 Å². The lowest BCUT2D eigenvalue weighted by Crippen LogP contribution is -2.59. The van der Waals surface area contributed by atoms with Crippen LogP contribution in [-0.2, 0) is 19.1 Å². The molecule has 0 bridgehead atoms. The third-order valence-corrected chi connectivity index (χ3v) is 8.10. The lowest BCUT2D eigenvalue weighted by Gasteiger charge is -2.36. The van der Waals surface area contributed by atoms with E-state index in [9.17, 15) is 18.8 Å². The molecule has 47 heavy (non-hydrogen) atoms. The van der Waals surface area contributed by atoms with Crippen LogP contribution < -0.4 is 26.0 Å². The molecule has 3 atom stereocenters. The van der Waals surface area contributed by atoms with E-state index in [1.165, 1.54) is 23.4 Å². The number of anilines is 3. The number of nitrogens with zero attached hydrogens (tertiary/aromatic N) is 3. The molecule has 1 unspecified atom stereocenters. The summed E-state index contributed by atoms with van der Waals surface area (Å²) < 4.78 is 25.8. The van der Waals surface area contributed by atoms with Gasteiger partial charge in [-0.2, -0.15) is 0 Å². The van der Waals surface area contributed by atoms with Gasteiger partial charge in [0.25, 0.3) is 0 Å². The molecule has 1 aliphatic heterocycles. The molecule has 256 valence electrons. The summed E-state index contributed by atoms with van der Waals surface area (Å²) in [5.74, 6) is -1.10. The van der Waals surface area contributed by atoms with E-state index < -0.39 is 35.3 Å². The second-order valence-corrected chi connectivity index (χ2v) is 12.6. The van der Waals surface area contributed by atoms with Gasteiger partial charge in [-0.25, -0.2) is 14.4 Å². The maximum absolute atomic E-state index is 14.7. The molecule has 0 aliphatic carbocycles. The molecule has 2 heterocycles. The summed E-state index contributed by atoms with van der Waals surface area (Å²) in [4.78, 5) is 50.7. The van der Waals surface area contributed by atoms with Crippen LogP contribution in [0.2, 0.25) is 5.02 Å². The molecular formula is C32H42Cl2FN7O5. The third kappa shape index (κ3) is 8.98. The number of halogens is 3. The molecule has 1 aliphatic rings. The fourth-order valence-corrected chi connectivity index (χ4v) is 5.27. The third-order valence-electron chi connectivity index (χ3n) is 7.81. The number of hydrogen-bond donors (Lipinski definition) is 4. The van der Waals surface area contributed by atoms with Crippen molar-refractivity contribution >= 4 is 69.8 Å². The normalized spacial score (nSPS) is 15.8. The van der Waals surface area contributed by atoms with Crippen LogP contribution in [0.1, 0.15) is 40.5 Å². The van der Waals surface area contributed by atoms with Crippen LogP contribution in [0.4, 0.5) is 21.6 Å². The molecule has 0 saturated carbocycles. The SMILES string of the molecule is CN[C@@H](C)C(=O)N[C@H](C(=O)N1CCCC1C(=O)Nc1cc2c(Nc3cccc(Cl)c3F)ncnc2cc1OCCOC)C(C)(C)C.Cl. The molecule has 4 N–H and O–H groups in total. The Hall–Kier alpha value is -3.78. The second-order valence-electron chi connectivity index (χ2n) is 12.2. The Balaban J connectivity index is 0.00000600. The highest BCUT2D eigenvalue weighted by Crippen LogP contribution is 2.35. The first-order chi connectivity index (χ1) is 21.8. The molecule has 0 spiro atoms. The summed E-state index contributed by atoms with van der Waals surface area (Å²) >= 11 is 5.97. The lowest BCUT2D eigenvalue weighted by molar-refractivity contribution is -0.143. The number of carbonyl (C=O) groups is 3. The van der Waals surface area contributed by atoms with Crippen molar-refractivity contribution in [2.75, 3.05) is 44.5 Å². The number of rotatable bonds is 12. The maximum Gasteiger partial charge on any atom is 0.247 e. The van der Waals surface area contributed by atoms with Crippen molar-refractivity contribution in [1.82, 2.24) is 25.5 Å². The molecule has 1 fully saturated rings. The van der Waals surface area contributed by atoms with Crippen molar-refractivity contribution in [2.45, 2.75) is 58.7 Å². The van der Waals surface area contributed by atoms with Crippen LogP contribution in [0.15, 0.2) is 36.7 Å². The minimum absolute atomic E-state index is 0. The summed E-state index contributed by atoms with van der Waals surface area (Å²) in [6.07, 6.45) is 2.38. The number of hydrogen-bond acceptors (Lipinski definition) is 9. The van der Waals surface area contributed by atoms with Crippen molar-refractivity contribution in [3.8, 4) is 5.75 Å². The minimum atomic E-state index is -0.851. The van der Waals surface area contributed by atoms with Gasteiger partial charge in [-0.15, -0.1) is 12.4 Å². The fourth-order valence-electron chi connectivity index (χ4n) is 5.10. The molecular weight excluding hydrogens is 652 g/mol. The van der Waals surface area contributed by atoms with Gasteiger partial charge in [0.15, 0.2) is 5.82 Å². The molecule has 3 amide bonds. The monoisotopic (exact) mass is 693 g/mol. The summed E-state index contributed by atoms with van der Waals surface area (Å²) in [6, 6.07) is 5.72. The lowest BCUT2D eigenvalue weighted by atomic mass is 9.85. The highest BCUT2D eigenvalue weighted by atomic mass is 35.5. The summed E-state index contributed by atoms with van der Waals surface area (Å²) in [6.45, 7) is 8.17. The Morgan fingerprint density at radius 3 is 2.57 bits per heavy atom. The number of carbonyl (C=O) groups excluding carboxylic acids is 3. The van der Waals surface area contributed by atoms with Gasteiger partial charge in [-0.05, 0) is 50.4 Å². The zero-order valence-corrected chi connectivity index (χ0v) is 28.9. The molecule has 2 aromatic carbocycles. The van der Waals surface area contributed by atoms with Crippen molar-refractivity contribution in [2.24, 2.45) is 5.41 Å². The highest BCUT2D eigenvalue weighted by Gasteiger charge is 2.42. The minimum Gasteiger partial charge on any atom is -0.489 e. The van der Waals surface area contributed by atoms with Crippen LogP contribution >= 0.6 is 24.0 Å². The van der Waals surface area contributed by atoms with E-state index >= 15 is 0 Å². The van der Waals surface area contributed by atoms with Gasteiger partial charge in [-0.1, -0.05) is 38.4 Å². The number of nitrogens with one attached hydrogen (secondary N) is 4. The number of benzene rings is 2. The Morgan fingerprint density at radius 2 is 1.89 bits per heavy atom. The van der Waals surface area contributed by atoms with Crippen LogP contribution in [0.25, 0.3) is 10.9 Å². The maximum atomic E-state index is 14.7. The van der Waals surface area contributed by atoms with Gasteiger partial charge in [-0.3, -0.25) is 14.4 Å². The summed E-state index contributed by atoms with van der Waals surface area (Å²) in [7, 11) is 3.21. The van der Waals surface area contributed by atoms with Crippen LogP contribution in [0.3, 0.4) is 0 Å². The van der Waals surface area contributed by atoms with E-state index in [1.54, 1.807) is 39.3 Å². The number of likely N-dealkylation sites (tertiary alicyclic amines) is 1. The topological polar surface area (TPSA) is 147 Å². The standard InChI is InChI=1S/C32H41ClFN7O5.ClH/c1-18(35-5)29(42)40-27(32(2,3)4)31(44)41-12-8-11-24(41)30(43)39-23-15-19-22(16-25(23)46-14-13-45-6)36-17-37-28(19)38-21-10-7-9-20(33)26(21)34;/h7,9-10,15-18,24,27,35H,8,11-14H2,1-6H3,(H,39,43)(H,40,42)(H,36,37,38);1H/t18-,24?,27+;/m0./s1. The van der Waals surface area contributed by atoms with E-state index in [0.717, 1.165) is 0 Å². The zero-order chi connectivity index (χ0) is 33.6. The first-order valence-corrected chi connectivity index (χ1v) is 15.4. The summed E-state index contributed by atoms with van der Waals surface area (Å²) in [5.41, 5.74) is 0.280. The van der Waals surface area contributed by atoms with Crippen molar-refractivity contribution in [3.63, 3.8) is 0 Å². The van der Waals surface area contributed by atoms with Gasteiger partial charge in [0.2, 0.25) is 17.7 Å². The molecule has 1 aromatic heterocycles. The quantitative estimate of drug-likeness (QED) is 0.199. The van der Waals surface area contributed by atoms with E-state index in [0.29, 0.717) is 48.3 Å². The van der Waals surface area contributed by atoms with Crippen LogP contribution in [0.5, 0.6) is 5.75 Å². The largest absolute Gasteiger partial charge is 0.489 e. The Kier molecular flexibility index (Phi) is 13.1. The Bertz CT molecular complexity index is 1590. The smallest absolute Gasteiger partial charge is 0.247 e. The fraction of sp³-hybridized carbons (Fsp3) is 0.469. The molecule has 4 rings (SSSR count). The number of likely N-dealkylation sites (N-methyl/N-ethyl adjacent to an activating group) is 1. The molecule has 15 heteroatoms. The number of fused-ring (bicyclic) bond motifs is 1. The predicted octanol–water partition coefficient (Wildman–Crippen LogP) is 4.68.